The Labute approximate surface area is 213 Å². The number of likely N-dealkylation sites (N-methyl/N-ethyl adjacent to an activating group) is 1. The van der Waals surface area contributed by atoms with Crippen LogP contribution in [0, 0.1) is 11.8 Å². The topological polar surface area (TPSA) is 91.3 Å². The predicted molar refractivity (Wildman–Crippen MR) is 138 cm³/mol. The first-order valence-electron chi connectivity index (χ1n) is 12.6. The highest BCUT2D eigenvalue weighted by Gasteiger charge is 2.36. The number of para-hydroxylation sites is 1. The summed E-state index contributed by atoms with van der Waals surface area (Å²) < 4.78 is 11.8. The number of methoxy groups -OCH3 is 1. The van der Waals surface area contributed by atoms with Crippen LogP contribution in [0.3, 0.4) is 0 Å². The second-order valence-corrected chi connectivity index (χ2v) is 10.1. The molecule has 1 saturated carbocycles. The summed E-state index contributed by atoms with van der Waals surface area (Å²) in [6, 6.07) is 12.9. The van der Waals surface area contributed by atoms with Crippen molar-refractivity contribution in [3.05, 3.63) is 53.6 Å². The quantitative estimate of drug-likeness (QED) is 0.554. The normalized spacial score (nSPS) is 20.7. The number of aliphatic hydroxyl groups is 1. The molecule has 0 unspecified atom stereocenters. The van der Waals surface area contributed by atoms with Crippen molar-refractivity contribution in [3.8, 4) is 11.5 Å². The van der Waals surface area contributed by atoms with Gasteiger partial charge in [0.05, 0.1) is 31.0 Å². The summed E-state index contributed by atoms with van der Waals surface area (Å²) in [6.45, 7) is 5.57. The van der Waals surface area contributed by atoms with Crippen LogP contribution in [0.2, 0.25) is 0 Å². The molecular weight excluding hydrogens is 458 g/mol. The minimum absolute atomic E-state index is 0.0124. The number of carbonyl (C=O) groups is 2. The van der Waals surface area contributed by atoms with Crippen molar-refractivity contribution in [2.24, 2.45) is 11.8 Å². The number of rotatable bonds is 9. The van der Waals surface area contributed by atoms with E-state index in [0.29, 0.717) is 30.1 Å². The van der Waals surface area contributed by atoms with Crippen LogP contribution in [0.1, 0.15) is 42.6 Å². The van der Waals surface area contributed by atoms with Crippen molar-refractivity contribution in [2.45, 2.75) is 45.4 Å². The lowest BCUT2D eigenvalue weighted by Crippen LogP contribution is -2.49. The van der Waals surface area contributed by atoms with Crippen LogP contribution in [0.25, 0.3) is 0 Å². The summed E-state index contributed by atoms with van der Waals surface area (Å²) in [4.78, 5) is 30.0. The van der Waals surface area contributed by atoms with Gasteiger partial charge in [-0.05, 0) is 56.6 Å². The van der Waals surface area contributed by atoms with E-state index < -0.39 is 0 Å². The zero-order valence-corrected chi connectivity index (χ0v) is 21.6. The average molecular weight is 496 g/mol. The zero-order chi connectivity index (χ0) is 25.8. The summed E-state index contributed by atoms with van der Waals surface area (Å²) >= 11 is 0. The fourth-order valence-corrected chi connectivity index (χ4v) is 4.55. The van der Waals surface area contributed by atoms with Crippen LogP contribution in [0.15, 0.2) is 42.5 Å². The molecule has 0 spiro atoms. The van der Waals surface area contributed by atoms with Crippen LogP contribution >= 0.6 is 0 Å². The van der Waals surface area contributed by atoms with Crippen LogP contribution in [-0.2, 0) is 11.3 Å². The Hall–Kier alpha value is -3.10. The average Bonchev–Trinajstić information content (AvgIpc) is 3.72. The fourth-order valence-electron chi connectivity index (χ4n) is 4.55. The van der Waals surface area contributed by atoms with Crippen LogP contribution in [-0.4, -0.2) is 72.7 Å². The molecule has 0 bridgehead atoms. The first kappa shape index (κ1) is 26.0. The number of fused-ring (bicyclic) bond motifs is 1. The summed E-state index contributed by atoms with van der Waals surface area (Å²) in [6.07, 6.45) is 1.53. The summed E-state index contributed by atoms with van der Waals surface area (Å²) in [5, 5.41) is 12.8. The molecular formula is C28H37N3O5. The molecule has 0 radical (unpaired) electrons. The van der Waals surface area contributed by atoms with Gasteiger partial charge in [0, 0.05) is 31.5 Å². The fraction of sp³-hybridized carbons (Fsp3) is 0.500. The van der Waals surface area contributed by atoms with Crippen molar-refractivity contribution in [1.29, 1.82) is 0 Å². The Morgan fingerprint density at radius 3 is 2.61 bits per heavy atom. The summed E-state index contributed by atoms with van der Waals surface area (Å²) in [5.41, 5.74) is 2.07. The van der Waals surface area contributed by atoms with Gasteiger partial charge in [-0.25, -0.2) is 0 Å². The van der Waals surface area contributed by atoms with Crippen LogP contribution < -0.4 is 14.8 Å². The summed E-state index contributed by atoms with van der Waals surface area (Å²) in [7, 11) is 3.69. The third kappa shape index (κ3) is 5.99. The molecule has 8 nitrogen and oxygen atoms in total. The molecule has 1 heterocycles. The van der Waals surface area contributed by atoms with Gasteiger partial charge in [0.1, 0.15) is 11.9 Å². The van der Waals surface area contributed by atoms with Gasteiger partial charge in [-0.1, -0.05) is 25.1 Å². The number of anilines is 1. The van der Waals surface area contributed by atoms with Crippen molar-refractivity contribution >= 4 is 17.5 Å². The standard InChI is InChI=1S/C28H37N3O5/c1-18-14-31(19(2)17-32)28(34)23-6-5-7-24(29-27(33)21-10-11-21)26(23)36-25(18)16-30(3)15-20-8-12-22(35-4)13-9-20/h5-9,12-13,18-19,21,25,32H,10-11,14-17H2,1-4H3,(H,29,33)/t18-,19-,25+/m0/s1. The molecule has 194 valence electrons. The van der Waals surface area contributed by atoms with Gasteiger partial charge in [0.15, 0.2) is 5.75 Å². The molecule has 2 N–H and O–H groups in total. The molecule has 1 aliphatic heterocycles. The molecule has 2 aliphatic rings. The number of nitrogens with zero attached hydrogens (tertiary/aromatic N) is 2. The maximum atomic E-state index is 13.5. The first-order chi connectivity index (χ1) is 17.3. The van der Waals surface area contributed by atoms with E-state index in [1.54, 1.807) is 30.2 Å². The monoisotopic (exact) mass is 495 g/mol. The Morgan fingerprint density at radius 1 is 1.25 bits per heavy atom. The number of hydrogen-bond donors (Lipinski definition) is 2. The van der Waals surface area contributed by atoms with Crippen molar-refractivity contribution in [1.82, 2.24) is 9.80 Å². The lowest BCUT2D eigenvalue weighted by molar-refractivity contribution is -0.117. The van der Waals surface area contributed by atoms with Gasteiger partial charge in [-0.2, -0.15) is 0 Å². The molecule has 2 amide bonds. The molecule has 0 saturated heterocycles. The number of ether oxygens (including phenoxy) is 2. The molecule has 36 heavy (non-hydrogen) atoms. The zero-order valence-electron chi connectivity index (χ0n) is 21.6. The van der Waals surface area contributed by atoms with Crippen molar-refractivity contribution in [3.63, 3.8) is 0 Å². The molecule has 8 heteroatoms. The van der Waals surface area contributed by atoms with Crippen molar-refractivity contribution < 1.29 is 24.2 Å². The van der Waals surface area contributed by atoms with E-state index in [9.17, 15) is 14.7 Å². The molecule has 1 fully saturated rings. The molecule has 2 aromatic rings. The van der Waals surface area contributed by atoms with Gasteiger partial charge in [-0.15, -0.1) is 0 Å². The Bertz CT molecular complexity index is 1070. The second-order valence-electron chi connectivity index (χ2n) is 10.1. The number of carbonyl (C=O) groups excluding carboxylic acids is 2. The van der Waals surface area contributed by atoms with Crippen LogP contribution in [0.5, 0.6) is 11.5 Å². The largest absolute Gasteiger partial charge is 0.497 e. The highest BCUT2D eigenvalue weighted by atomic mass is 16.5. The first-order valence-corrected chi connectivity index (χ1v) is 12.6. The molecule has 0 aromatic heterocycles. The molecule has 3 atom stereocenters. The second kappa shape index (κ2) is 11.3. The van der Waals surface area contributed by atoms with Gasteiger partial charge in [-0.3, -0.25) is 14.5 Å². The lowest BCUT2D eigenvalue weighted by atomic mass is 9.98. The van der Waals surface area contributed by atoms with Crippen molar-refractivity contribution in [2.75, 3.05) is 39.2 Å². The van der Waals surface area contributed by atoms with E-state index in [0.717, 1.165) is 30.7 Å². The maximum absolute atomic E-state index is 13.5. The van der Waals surface area contributed by atoms with E-state index in [1.165, 1.54) is 0 Å². The number of benzene rings is 2. The third-order valence-corrected chi connectivity index (χ3v) is 7.00. The SMILES string of the molecule is COc1ccc(CN(C)C[C@H]2Oc3c(NC(=O)C4CC4)cccc3C(=O)N([C@@H](C)CO)C[C@@H]2C)cc1. The minimum atomic E-state index is -0.340. The smallest absolute Gasteiger partial charge is 0.258 e. The highest BCUT2D eigenvalue weighted by Crippen LogP contribution is 2.37. The molecule has 1 aliphatic carbocycles. The predicted octanol–water partition coefficient (Wildman–Crippen LogP) is 3.40. The van der Waals surface area contributed by atoms with E-state index >= 15 is 0 Å². The van der Waals surface area contributed by atoms with E-state index in [-0.39, 0.29) is 42.4 Å². The number of nitrogens with one attached hydrogen (secondary N) is 1. The lowest BCUT2D eigenvalue weighted by Gasteiger charge is -2.38. The highest BCUT2D eigenvalue weighted by molar-refractivity contribution is 6.02. The number of amides is 2. The summed E-state index contributed by atoms with van der Waals surface area (Å²) in [5.74, 6) is 0.997. The Kier molecular flexibility index (Phi) is 8.16. The third-order valence-electron chi connectivity index (χ3n) is 7.00. The number of hydrogen-bond acceptors (Lipinski definition) is 6. The number of aliphatic hydroxyl groups excluding tert-OH is 1. The molecule has 4 rings (SSSR count). The van der Waals surface area contributed by atoms with Gasteiger partial charge in [0.25, 0.3) is 5.91 Å². The maximum Gasteiger partial charge on any atom is 0.258 e. The van der Waals surface area contributed by atoms with Gasteiger partial charge < -0.3 is 24.8 Å². The van der Waals surface area contributed by atoms with E-state index in [2.05, 4.69) is 17.1 Å². The van der Waals surface area contributed by atoms with Crippen LogP contribution in [0.4, 0.5) is 5.69 Å². The van der Waals surface area contributed by atoms with Gasteiger partial charge in [0.2, 0.25) is 5.91 Å². The van der Waals surface area contributed by atoms with E-state index in [1.807, 2.05) is 38.2 Å². The minimum Gasteiger partial charge on any atom is -0.497 e. The Balaban J connectivity index is 1.61. The van der Waals surface area contributed by atoms with Gasteiger partial charge >= 0.3 is 0 Å². The van der Waals surface area contributed by atoms with E-state index in [4.69, 9.17) is 9.47 Å². The Morgan fingerprint density at radius 2 is 1.97 bits per heavy atom. The molecule has 2 aromatic carbocycles.